The molecule has 0 fully saturated rings. The van der Waals surface area contributed by atoms with Crippen LogP contribution in [0.1, 0.15) is 0 Å². The summed E-state index contributed by atoms with van der Waals surface area (Å²) < 4.78 is 7.25. The number of hydrogen-bond donors (Lipinski definition) is 0. The van der Waals surface area contributed by atoms with Crippen LogP contribution in [0, 0.1) is 0 Å². The molecule has 0 aliphatic heterocycles. The van der Waals surface area contributed by atoms with E-state index in [1.165, 1.54) is 164 Å². The Morgan fingerprint density at radius 2 is 0.387 bits per heavy atom. The first-order chi connectivity index (χ1) is 46.1. The molecular formula is C90H57N3. The van der Waals surface area contributed by atoms with Crippen molar-refractivity contribution in [1.82, 2.24) is 13.7 Å². The number of rotatable bonds is 9. The largest absolute Gasteiger partial charge is 0.309 e. The molecule has 0 N–H and O–H groups in total. The zero-order valence-electron chi connectivity index (χ0n) is 50.8. The maximum Gasteiger partial charge on any atom is 0.0542 e. The van der Waals surface area contributed by atoms with Gasteiger partial charge in [-0.05, 0) is 214 Å². The molecule has 0 saturated carbocycles. The number of aromatic nitrogens is 3. The van der Waals surface area contributed by atoms with Gasteiger partial charge in [0, 0.05) is 49.4 Å². The van der Waals surface area contributed by atoms with Gasteiger partial charge in [0.15, 0.2) is 0 Å². The normalized spacial score (nSPS) is 11.9. The minimum absolute atomic E-state index is 1.12. The monoisotopic (exact) mass is 1180 g/mol. The predicted molar refractivity (Wildman–Crippen MR) is 395 cm³/mol. The molecule has 0 aliphatic rings. The zero-order chi connectivity index (χ0) is 61.1. The van der Waals surface area contributed by atoms with Crippen LogP contribution in [0.25, 0.3) is 182 Å². The van der Waals surface area contributed by atoms with Gasteiger partial charge in [-0.2, -0.15) is 0 Å². The highest BCUT2D eigenvalue weighted by Crippen LogP contribution is 2.43. The van der Waals surface area contributed by atoms with Crippen LogP contribution in [-0.4, -0.2) is 13.7 Å². The van der Waals surface area contributed by atoms with Gasteiger partial charge < -0.3 is 13.7 Å². The second-order valence-corrected chi connectivity index (χ2v) is 24.8. The third-order valence-electron chi connectivity index (χ3n) is 19.6. The Hall–Kier alpha value is -12.3. The summed E-state index contributed by atoms with van der Waals surface area (Å²) in [5, 5.41) is 15.1. The van der Waals surface area contributed by atoms with E-state index in [1.54, 1.807) is 0 Å². The van der Waals surface area contributed by atoms with Crippen LogP contribution in [0.2, 0.25) is 0 Å². The first kappa shape index (κ1) is 52.6. The van der Waals surface area contributed by atoms with Gasteiger partial charge in [0.25, 0.3) is 0 Å². The van der Waals surface area contributed by atoms with E-state index in [0.29, 0.717) is 0 Å². The average molecular weight is 1180 g/mol. The van der Waals surface area contributed by atoms with Crippen LogP contribution in [0.4, 0.5) is 0 Å². The van der Waals surface area contributed by atoms with E-state index in [1.807, 2.05) is 0 Å². The lowest BCUT2D eigenvalue weighted by Crippen LogP contribution is -1.96. The first-order valence-electron chi connectivity index (χ1n) is 32.1. The smallest absolute Gasteiger partial charge is 0.0542 e. The topological polar surface area (TPSA) is 14.8 Å². The van der Waals surface area contributed by atoms with Crippen molar-refractivity contribution in [2.75, 3.05) is 0 Å². The van der Waals surface area contributed by atoms with E-state index in [9.17, 15) is 0 Å². The van der Waals surface area contributed by atoms with E-state index < -0.39 is 0 Å². The summed E-state index contributed by atoms with van der Waals surface area (Å²) in [5.41, 5.74) is 24.8. The summed E-state index contributed by atoms with van der Waals surface area (Å²) in [6, 6.07) is 128. The van der Waals surface area contributed by atoms with Gasteiger partial charge in [0.05, 0.1) is 33.1 Å². The van der Waals surface area contributed by atoms with Gasteiger partial charge in [-0.3, -0.25) is 0 Å². The molecule has 93 heavy (non-hydrogen) atoms. The van der Waals surface area contributed by atoms with Crippen molar-refractivity contribution in [3.63, 3.8) is 0 Å². The molecular weight excluding hydrogens is 1120 g/mol. The van der Waals surface area contributed by atoms with Crippen LogP contribution < -0.4 is 0 Å². The number of para-hydroxylation sites is 4. The molecule has 0 unspecified atom stereocenters. The highest BCUT2D eigenvalue weighted by molar-refractivity contribution is 6.26. The third kappa shape index (κ3) is 8.59. The predicted octanol–water partition coefficient (Wildman–Crippen LogP) is 24.4. The number of fused-ring (bicyclic) bond motifs is 15. The molecule has 3 heterocycles. The molecule has 19 aromatic rings. The van der Waals surface area contributed by atoms with E-state index in [-0.39, 0.29) is 0 Å². The second kappa shape index (κ2) is 21.2. The Morgan fingerprint density at radius 1 is 0.118 bits per heavy atom. The van der Waals surface area contributed by atoms with Crippen LogP contribution in [-0.2, 0) is 0 Å². The van der Waals surface area contributed by atoms with E-state index in [2.05, 4.69) is 359 Å². The molecule has 3 nitrogen and oxygen atoms in total. The standard InChI is InChI=1S/C90H57N3/c1-3-18-58(19-4-1)67-51-68(53-69(52-67)63-21-17-20-62(50-63)64-40-46-77-75-26-8-7-24-73(75)74-25-9-10-27-76(74)81(77)54-64)61-36-34-59(35-37-61)60-38-43-71(44-39-60)92-86-32-15-13-30-80(86)84-57-72(45-49-90(84)92)93-87-33-16-12-29-79(87)83-56-66(42-48-89(83)93)65-41-47-88-82(55-65)78-28-11-14-31-85(78)91(88)70-22-5-2-6-23-70/h1-57H. The molecule has 432 valence electrons. The summed E-state index contributed by atoms with van der Waals surface area (Å²) in [6.07, 6.45) is 0. The van der Waals surface area contributed by atoms with Crippen LogP contribution in [0.5, 0.6) is 0 Å². The summed E-state index contributed by atoms with van der Waals surface area (Å²) in [5.74, 6) is 0. The highest BCUT2D eigenvalue weighted by atomic mass is 15.0. The molecule has 16 aromatic carbocycles. The number of nitrogens with zero attached hydrogens (tertiary/aromatic N) is 3. The summed E-state index contributed by atoms with van der Waals surface area (Å²) in [4.78, 5) is 0. The lowest BCUT2D eigenvalue weighted by atomic mass is 9.90. The zero-order valence-corrected chi connectivity index (χ0v) is 50.8. The molecule has 3 aromatic heterocycles. The molecule has 0 bridgehead atoms. The van der Waals surface area contributed by atoms with Crippen LogP contribution >= 0.6 is 0 Å². The van der Waals surface area contributed by atoms with E-state index in [4.69, 9.17) is 0 Å². The van der Waals surface area contributed by atoms with Crippen molar-refractivity contribution >= 4 is 97.7 Å². The molecule has 3 heteroatoms. The minimum atomic E-state index is 1.12. The Kier molecular flexibility index (Phi) is 12.0. The Bertz CT molecular complexity index is 6170. The van der Waals surface area contributed by atoms with Gasteiger partial charge in [-0.25, -0.2) is 0 Å². The summed E-state index contributed by atoms with van der Waals surface area (Å²) >= 11 is 0. The van der Waals surface area contributed by atoms with E-state index >= 15 is 0 Å². The maximum absolute atomic E-state index is 2.45. The van der Waals surface area contributed by atoms with Crippen LogP contribution in [0.3, 0.4) is 0 Å². The Morgan fingerprint density at radius 3 is 0.903 bits per heavy atom. The lowest BCUT2D eigenvalue weighted by Gasteiger charge is -2.14. The van der Waals surface area contributed by atoms with Gasteiger partial charge in [0.2, 0.25) is 0 Å². The minimum Gasteiger partial charge on any atom is -0.309 e. The van der Waals surface area contributed by atoms with Crippen molar-refractivity contribution < 1.29 is 0 Å². The maximum atomic E-state index is 2.45. The van der Waals surface area contributed by atoms with Crippen molar-refractivity contribution in [2.24, 2.45) is 0 Å². The third-order valence-corrected chi connectivity index (χ3v) is 19.6. The molecule has 19 rings (SSSR count). The quantitative estimate of drug-likeness (QED) is 0.128. The van der Waals surface area contributed by atoms with Gasteiger partial charge in [0.1, 0.15) is 0 Å². The van der Waals surface area contributed by atoms with Crippen molar-refractivity contribution in [1.29, 1.82) is 0 Å². The number of benzene rings is 16. The fourth-order valence-electron chi connectivity index (χ4n) is 15.2. The van der Waals surface area contributed by atoms with Gasteiger partial charge in [-0.15, -0.1) is 0 Å². The Labute approximate surface area is 537 Å². The molecule has 0 atom stereocenters. The lowest BCUT2D eigenvalue weighted by molar-refractivity contribution is 1.17. The summed E-state index contributed by atoms with van der Waals surface area (Å²) in [7, 11) is 0. The fraction of sp³-hybridized carbons (Fsp3) is 0. The van der Waals surface area contributed by atoms with Crippen molar-refractivity contribution in [3.05, 3.63) is 346 Å². The number of hydrogen-bond acceptors (Lipinski definition) is 0. The van der Waals surface area contributed by atoms with Crippen molar-refractivity contribution in [2.45, 2.75) is 0 Å². The van der Waals surface area contributed by atoms with Gasteiger partial charge in [-0.1, -0.05) is 231 Å². The van der Waals surface area contributed by atoms with E-state index in [0.717, 1.165) is 17.1 Å². The molecule has 0 aliphatic carbocycles. The average Bonchev–Trinajstić information content (AvgIpc) is 1.72. The molecule has 0 spiro atoms. The fourth-order valence-corrected chi connectivity index (χ4v) is 15.2. The molecule has 0 amide bonds. The molecule has 0 saturated heterocycles. The molecule has 0 radical (unpaired) electrons. The Balaban J connectivity index is 0.639. The highest BCUT2D eigenvalue weighted by Gasteiger charge is 2.20. The summed E-state index contributed by atoms with van der Waals surface area (Å²) in [6.45, 7) is 0. The SMILES string of the molecule is c1ccc(-c2cc(-c3ccc(-c4ccc(-n5c6ccccc6c6cc(-n7c8ccccc8c8cc(-c9ccc%10c(c9)c9ccccc9n%10-c9ccccc9)ccc87)ccc65)cc4)cc3)cc(-c3cccc(-c4ccc5c6ccccc6c6ccccc6c5c4)c3)c2)cc1. The first-order valence-corrected chi connectivity index (χ1v) is 32.1. The second-order valence-electron chi connectivity index (χ2n) is 24.8. The van der Waals surface area contributed by atoms with Crippen molar-refractivity contribution in [3.8, 4) is 83.8 Å². The van der Waals surface area contributed by atoms with Gasteiger partial charge >= 0.3 is 0 Å². The van der Waals surface area contributed by atoms with Crippen LogP contribution in [0.15, 0.2) is 346 Å².